The number of anilines is 2. The lowest BCUT2D eigenvalue weighted by Crippen LogP contribution is -2.33. The van der Waals surface area contributed by atoms with E-state index in [-0.39, 0.29) is 17.9 Å². The SMILES string of the molecule is O=C(CNC(=O)c1ccccc1)Nc1ccccc1NCC(F)(F)F. The number of rotatable bonds is 6. The van der Waals surface area contributed by atoms with Crippen molar-refractivity contribution in [3.05, 3.63) is 60.2 Å². The molecule has 0 atom stereocenters. The van der Waals surface area contributed by atoms with Crippen molar-refractivity contribution < 1.29 is 22.8 Å². The minimum absolute atomic E-state index is 0.141. The van der Waals surface area contributed by atoms with Crippen LogP contribution in [0.15, 0.2) is 54.6 Å². The molecule has 25 heavy (non-hydrogen) atoms. The lowest BCUT2D eigenvalue weighted by atomic mass is 10.2. The summed E-state index contributed by atoms with van der Waals surface area (Å²) in [7, 11) is 0. The molecule has 0 aliphatic heterocycles. The fourth-order valence-electron chi connectivity index (χ4n) is 1.99. The van der Waals surface area contributed by atoms with E-state index in [0.29, 0.717) is 5.56 Å². The fourth-order valence-corrected chi connectivity index (χ4v) is 1.99. The Morgan fingerprint density at radius 1 is 0.880 bits per heavy atom. The first-order valence-electron chi connectivity index (χ1n) is 7.38. The molecule has 0 fully saturated rings. The van der Waals surface area contributed by atoms with Gasteiger partial charge in [0.25, 0.3) is 5.91 Å². The molecule has 0 bridgehead atoms. The van der Waals surface area contributed by atoms with Crippen LogP contribution >= 0.6 is 0 Å². The van der Waals surface area contributed by atoms with Gasteiger partial charge in [-0.1, -0.05) is 30.3 Å². The molecule has 0 aliphatic rings. The van der Waals surface area contributed by atoms with Crippen LogP contribution in [0.2, 0.25) is 0 Å². The largest absolute Gasteiger partial charge is 0.405 e. The lowest BCUT2D eigenvalue weighted by molar-refractivity contribution is -0.115. The highest BCUT2D eigenvalue weighted by Gasteiger charge is 2.27. The average molecular weight is 351 g/mol. The van der Waals surface area contributed by atoms with Crippen LogP contribution in [0.4, 0.5) is 24.5 Å². The number of hydrogen-bond donors (Lipinski definition) is 3. The summed E-state index contributed by atoms with van der Waals surface area (Å²) in [6.45, 7) is -1.52. The zero-order chi connectivity index (χ0) is 18.3. The summed E-state index contributed by atoms with van der Waals surface area (Å²) >= 11 is 0. The number of halogens is 3. The number of amides is 2. The van der Waals surface area contributed by atoms with Gasteiger partial charge in [0, 0.05) is 5.56 Å². The smallest absolute Gasteiger partial charge is 0.375 e. The third-order valence-electron chi connectivity index (χ3n) is 3.13. The molecule has 5 nitrogen and oxygen atoms in total. The zero-order valence-corrected chi connectivity index (χ0v) is 13.1. The highest BCUT2D eigenvalue weighted by Crippen LogP contribution is 2.23. The highest BCUT2D eigenvalue weighted by molar-refractivity contribution is 6.00. The zero-order valence-electron chi connectivity index (χ0n) is 13.1. The van der Waals surface area contributed by atoms with Gasteiger partial charge in [0.1, 0.15) is 6.54 Å². The van der Waals surface area contributed by atoms with Crippen molar-refractivity contribution >= 4 is 23.2 Å². The number of carbonyl (C=O) groups excluding carboxylic acids is 2. The van der Waals surface area contributed by atoms with E-state index in [2.05, 4.69) is 16.0 Å². The van der Waals surface area contributed by atoms with E-state index < -0.39 is 24.5 Å². The van der Waals surface area contributed by atoms with Crippen molar-refractivity contribution in [3.8, 4) is 0 Å². The van der Waals surface area contributed by atoms with Crippen molar-refractivity contribution in [2.45, 2.75) is 6.18 Å². The van der Waals surface area contributed by atoms with Crippen molar-refractivity contribution in [2.24, 2.45) is 0 Å². The molecule has 0 radical (unpaired) electrons. The molecule has 2 rings (SSSR count). The number of para-hydroxylation sites is 2. The van der Waals surface area contributed by atoms with Gasteiger partial charge in [0.15, 0.2) is 0 Å². The maximum absolute atomic E-state index is 12.3. The third kappa shape index (κ3) is 6.17. The second kappa shape index (κ2) is 8.18. The van der Waals surface area contributed by atoms with E-state index in [1.165, 1.54) is 12.1 Å². The van der Waals surface area contributed by atoms with E-state index in [1.54, 1.807) is 42.5 Å². The molecule has 0 saturated carbocycles. The number of benzene rings is 2. The maximum atomic E-state index is 12.3. The second-order valence-corrected chi connectivity index (χ2v) is 5.11. The van der Waals surface area contributed by atoms with Crippen molar-refractivity contribution in [1.29, 1.82) is 0 Å². The minimum Gasteiger partial charge on any atom is -0.375 e. The van der Waals surface area contributed by atoms with Crippen LogP contribution in [-0.2, 0) is 4.79 Å². The summed E-state index contributed by atoms with van der Waals surface area (Å²) in [5.41, 5.74) is 0.746. The fraction of sp³-hybridized carbons (Fsp3) is 0.176. The molecule has 3 N–H and O–H groups in total. The Bertz CT molecular complexity index is 733. The molecule has 0 spiro atoms. The van der Waals surface area contributed by atoms with E-state index >= 15 is 0 Å². The maximum Gasteiger partial charge on any atom is 0.405 e. The summed E-state index contributed by atoms with van der Waals surface area (Å²) in [5.74, 6) is -0.968. The van der Waals surface area contributed by atoms with Crippen LogP contribution in [-0.4, -0.2) is 31.1 Å². The summed E-state index contributed by atoms with van der Waals surface area (Å²) in [5, 5.41) is 7.14. The van der Waals surface area contributed by atoms with Gasteiger partial charge in [-0.15, -0.1) is 0 Å². The van der Waals surface area contributed by atoms with Crippen LogP contribution in [0.5, 0.6) is 0 Å². The molecule has 2 aromatic rings. The average Bonchev–Trinajstić information content (AvgIpc) is 2.59. The number of carbonyl (C=O) groups is 2. The Morgan fingerprint density at radius 2 is 1.48 bits per heavy atom. The predicted octanol–water partition coefficient (Wildman–Crippen LogP) is 3.03. The molecule has 0 aromatic heterocycles. The van der Waals surface area contributed by atoms with E-state index in [0.717, 1.165) is 0 Å². The lowest BCUT2D eigenvalue weighted by Gasteiger charge is -2.14. The standard InChI is InChI=1S/C17H16F3N3O2/c18-17(19,20)11-22-13-8-4-5-9-14(13)23-15(24)10-21-16(25)12-6-2-1-3-7-12/h1-9,22H,10-11H2,(H,21,25)(H,23,24). The Balaban J connectivity index is 1.91. The van der Waals surface area contributed by atoms with Crippen molar-refractivity contribution in [3.63, 3.8) is 0 Å². The quantitative estimate of drug-likeness (QED) is 0.749. The Kier molecular flexibility index (Phi) is 5.99. The van der Waals surface area contributed by atoms with Gasteiger partial charge in [-0.05, 0) is 24.3 Å². The van der Waals surface area contributed by atoms with Gasteiger partial charge in [-0.3, -0.25) is 9.59 Å². The monoisotopic (exact) mass is 351 g/mol. The molecule has 0 unspecified atom stereocenters. The molecule has 0 saturated heterocycles. The predicted molar refractivity (Wildman–Crippen MR) is 88.4 cm³/mol. The Labute approximate surface area is 142 Å². The first-order chi connectivity index (χ1) is 11.8. The van der Waals surface area contributed by atoms with Crippen molar-refractivity contribution in [2.75, 3.05) is 23.7 Å². The van der Waals surface area contributed by atoms with Crippen molar-refractivity contribution in [1.82, 2.24) is 5.32 Å². The first-order valence-corrected chi connectivity index (χ1v) is 7.38. The molecule has 8 heteroatoms. The van der Waals surface area contributed by atoms with Gasteiger partial charge in [-0.2, -0.15) is 13.2 Å². The Morgan fingerprint density at radius 3 is 2.12 bits per heavy atom. The summed E-state index contributed by atoms with van der Waals surface area (Å²) in [4.78, 5) is 23.8. The van der Waals surface area contributed by atoms with Crippen LogP contribution in [0.3, 0.4) is 0 Å². The molecule has 132 valence electrons. The minimum atomic E-state index is -4.37. The van der Waals surface area contributed by atoms with Gasteiger partial charge in [-0.25, -0.2) is 0 Å². The normalized spacial score (nSPS) is 10.8. The van der Waals surface area contributed by atoms with Gasteiger partial charge >= 0.3 is 6.18 Å². The number of nitrogens with one attached hydrogen (secondary N) is 3. The Hall–Kier alpha value is -3.03. The topological polar surface area (TPSA) is 70.2 Å². The second-order valence-electron chi connectivity index (χ2n) is 5.11. The van der Waals surface area contributed by atoms with Crippen LogP contribution < -0.4 is 16.0 Å². The van der Waals surface area contributed by atoms with Crippen LogP contribution in [0.1, 0.15) is 10.4 Å². The van der Waals surface area contributed by atoms with E-state index in [9.17, 15) is 22.8 Å². The summed E-state index contributed by atoms with van der Waals surface area (Å²) in [6, 6.07) is 14.4. The molecular formula is C17H16F3N3O2. The molecule has 2 aromatic carbocycles. The van der Waals surface area contributed by atoms with E-state index in [4.69, 9.17) is 0 Å². The van der Waals surface area contributed by atoms with Crippen LogP contribution in [0.25, 0.3) is 0 Å². The first kappa shape index (κ1) is 18.3. The molecule has 2 amide bonds. The molecule has 0 heterocycles. The van der Waals surface area contributed by atoms with Crippen LogP contribution in [0, 0.1) is 0 Å². The third-order valence-corrected chi connectivity index (χ3v) is 3.13. The van der Waals surface area contributed by atoms with Gasteiger partial charge in [0.05, 0.1) is 17.9 Å². The van der Waals surface area contributed by atoms with E-state index in [1.807, 2.05) is 0 Å². The number of hydrogen-bond acceptors (Lipinski definition) is 3. The molecule has 0 aliphatic carbocycles. The highest BCUT2D eigenvalue weighted by atomic mass is 19.4. The molecular weight excluding hydrogens is 335 g/mol. The van der Waals surface area contributed by atoms with Gasteiger partial charge < -0.3 is 16.0 Å². The summed E-state index contributed by atoms with van der Waals surface area (Å²) < 4.78 is 36.9. The van der Waals surface area contributed by atoms with Gasteiger partial charge in [0.2, 0.25) is 5.91 Å². The summed E-state index contributed by atoms with van der Waals surface area (Å²) in [6.07, 6.45) is -4.37. The number of alkyl halides is 3.